The zero-order chi connectivity index (χ0) is 18.3. The molecule has 1 unspecified atom stereocenters. The zero-order valence-corrected chi connectivity index (χ0v) is 15.8. The molecular formula is C21H28N4O. The number of amides is 1. The molecule has 1 saturated heterocycles. The van der Waals surface area contributed by atoms with Crippen molar-refractivity contribution in [3.05, 3.63) is 46.3 Å². The van der Waals surface area contributed by atoms with Crippen molar-refractivity contribution < 1.29 is 4.79 Å². The quantitative estimate of drug-likeness (QED) is 0.924. The molecule has 138 valence electrons. The van der Waals surface area contributed by atoms with Crippen LogP contribution in [-0.2, 0) is 12.8 Å². The van der Waals surface area contributed by atoms with E-state index in [4.69, 9.17) is 10.8 Å². The molecule has 0 bridgehead atoms. The van der Waals surface area contributed by atoms with Crippen LogP contribution in [0.1, 0.15) is 58.6 Å². The molecule has 1 fully saturated rings. The number of likely N-dealkylation sites (tertiary alicyclic amines) is 1. The summed E-state index contributed by atoms with van der Waals surface area (Å²) < 4.78 is 2.02. The van der Waals surface area contributed by atoms with E-state index < -0.39 is 0 Å². The van der Waals surface area contributed by atoms with Gasteiger partial charge in [-0.05, 0) is 64.0 Å². The Labute approximate surface area is 155 Å². The summed E-state index contributed by atoms with van der Waals surface area (Å²) in [5.41, 5.74) is 12.5. The highest BCUT2D eigenvalue weighted by molar-refractivity contribution is 5.94. The first-order chi connectivity index (χ1) is 12.6. The predicted octanol–water partition coefficient (Wildman–Crippen LogP) is 2.93. The number of nitrogens with zero attached hydrogens (tertiary/aromatic N) is 3. The molecule has 1 aliphatic heterocycles. The van der Waals surface area contributed by atoms with E-state index in [-0.39, 0.29) is 11.9 Å². The van der Waals surface area contributed by atoms with Crippen LogP contribution >= 0.6 is 0 Å². The van der Waals surface area contributed by atoms with Crippen molar-refractivity contribution in [2.24, 2.45) is 5.73 Å². The van der Waals surface area contributed by atoms with Gasteiger partial charge in [0, 0.05) is 30.4 Å². The van der Waals surface area contributed by atoms with Gasteiger partial charge in [-0.15, -0.1) is 0 Å². The summed E-state index contributed by atoms with van der Waals surface area (Å²) in [6.45, 7) is 5.54. The van der Waals surface area contributed by atoms with Crippen molar-refractivity contribution in [3.8, 4) is 5.69 Å². The van der Waals surface area contributed by atoms with Crippen LogP contribution < -0.4 is 5.73 Å². The molecule has 2 heterocycles. The third-order valence-electron chi connectivity index (χ3n) is 5.87. The van der Waals surface area contributed by atoms with Gasteiger partial charge >= 0.3 is 0 Å². The molecule has 1 atom stereocenters. The Kier molecular flexibility index (Phi) is 4.57. The van der Waals surface area contributed by atoms with Crippen LogP contribution in [0.3, 0.4) is 0 Å². The van der Waals surface area contributed by atoms with Crippen LogP contribution in [0, 0.1) is 13.8 Å². The monoisotopic (exact) mass is 352 g/mol. The van der Waals surface area contributed by atoms with E-state index in [0.29, 0.717) is 12.2 Å². The van der Waals surface area contributed by atoms with Gasteiger partial charge in [0.15, 0.2) is 5.69 Å². The molecule has 2 aliphatic rings. The lowest BCUT2D eigenvalue weighted by atomic mass is 10.0. The molecule has 0 radical (unpaired) electrons. The van der Waals surface area contributed by atoms with Crippen LogP contribution in [0.25, 0.3) is 5.69 Å². The number of carbonyl (C=O) groups excluding carboxylic acids is 1. The number of benzene rings is 1. The first kappa shape index (κ1) is 17.3. The molecular weight excluding hydrogens is 324 g/mol. The van der Waals surface area contributed by atoms with Gasteiger partial charge in [-0.1, -0.05) is 17.7 Å². The van der Waals surface area contributed by atoms with Crippen molar-refractivity contribution in [2.75, 3.05) is 13.1 Å². The maximum absolute atomic E-state index is 13.3. The summed E-state index contributed by atoms with van der Waals surface area (Å²) in [4.78, 5) is 15.3. The highest BCUT2D eigenvalue weighted by atomic mass is 16.2. The lowest BCUT2D eigenvalue weighted by molar-refractivity contribution is 0.0615. The normalized spacial score (nSPS) is 19.7. The molecule has 0 spiro atoms. The molecule has 1 aromatic carbocycles. The van der Waals surface area contributed by atoms with Crippen LogP contribution in [0.4, 0.5) is 0 Å². The summed E-state index contributed by atoms with van der Waals surface area (Å²) in [6, 6.07) is 6.56. The molecule has 1 aromatic heterocycles. The second-order valence-electron chi connectivity index (χ2n) is 7.71. The third kappa shape index (κ3) is 2.84. The van der Waals surface area contributed by atoms with Gasteiger partial charge in [-0.3, -0.25) is 4.79 Å². The zero-order valence-electron chi connectivity index (χ0n) is 15.8. The number of fused-ring (bicyclic) bond motifs is 1. The number of hydrogen-bond acceptors (Lipinski definition) is 3. The number of rotatable bonds is 3. The van der Waals surface area contributed by atoms with Gasteiger partial charge in [0.05, 0.1) is 5.69 Å². The molecule has 1 aliphatic carbocycles. The smallest absolute Gasteiger partial charge is 0.274 e. The molecule has 2 aromatic rings. The van der Waals surface area contributed by atoms with Gasteiger partial charge in [-0.2, -0.15) is 5.10 Å². The second kappa shape index (κ2) is 6.88. The SMILES string of the molecule is Cc1ccc(-n2nc(C(=O)N3CCCCC3CN)c3c2CCC3)c(C)c1. The number of nitrogens with two attached hydrogens (primary N) is 1. The molecule has 0 saturated carbocycles. The number of carbonyl (C=O) groups is 1. The van der Waals surface area contributed by atoms with Gasteiger partial charge in [0.1, 0.15) is 0 Å². The second-order valence-corrected chi connectivity index (χ2v) is 7.71. The van der Waals surface area contributed by atoms with Crippen LogP contribution in [-0.4, -0.2) is 39.7 Å². The summed E-state index contributed by atoms with van der Waals surface area (Å²) in [5, 5.41) is 4.82. The average molecular weight is 352 g/mol. The minimum Gasteiger partial charge on any atom is -0.333 e. The maximum atomic E-state index is 13.3. The maximum Gasteiger partial charge on any atom is 0.274 e. The average Bonchev–Trinajstić information content (AvgIpc) is 3.24. The standard InChI is InChI=1S/C21H28N4O/c1-14-9-10-18(15(2)12-14)25-19-8-5-7-17(19)20(23-25)21(26)24-11-4-3-6-16(24)13-22/h9-10,12,16H,3-8,11,13,22H2,1-2H3. The Morgan fingerprint density at radius 3 is 2.85 bits per heavy atom. The highest BCUT2D eigenvalue weighted by Gasteiger charge is 2.33. The van der Waals surface area contributed by atoms with Gasteiger partial charge in [0.2, 0.25) is 0 Å². The number of hydrogen-bond donors (Lipinski definition) is 1. The summed E-state index contributed by atoms with van der Waals surface area (Å²) in [7, 11) is 0. The third-order valence-corrected chi connectivity index (χ3v) is 5.87. The van der Waals surface area contributed by atoms with Crippen LogP contribution in [0.2, 0.25) is 0 Å². The van der Waals surface area contributed by atoms with E-state index in [1.165, 1.54) is 16.8 Å². The van der Waals surface area contributed by atoms with Crippen molar-refractivity contribution in [3.63, 3.8) is 0 Å². The van der Waals surface area contributed by atoms with E-state index in [9.17, 15) is 4.79 Å². The molecule has 4 rings (SSSR count). The Balaban J connectivity index is 1.75. The first-order valence-electron chi connectivity index (χ1n) is 9.79. The Morgan fingerprint density at radius 2 is 2.08 bits per heavy atom. The van der Waals surface area contributed by atoms with E-state index >= 15 is 0 Å². The summed E-state index contributed by atoms with van der Waals surface area (Å²) in [5.74, 6) is 0.0711. The fourth-order valence-corrected chi connectivity index (χ4v) is 4.50. The van der Waals surface area contributed by atoms with E-state index in [2.05, 4.69) is 32.0 Å². The molecule has 5 nitrogen and oxygen atoms in total. The van der Waals surface area contributed by atoms with Gasteiger partial charge < -0.3 is 10.6 Å². The molecule has 1 amide bonds. The highest BCUT2D eigenvalue weighted by Crippen LogP contribution is 2.31. The fraction of sp³-hybridized carbons (Fsp3) is 0.524. The largest absolute Gasteiger partial charge is 0.333 e. The Morgan fingerprint density at radius 1 is 1.23 bits per heavy atom. The number of piperidine rings is 1. The molecule has 5 heteroatoms. The van der Waals surface area contributed by atoms with Gasteiger partial charge in [-0.25, -0.2) is 4.68 Å². The van der Waals surface area contributed by atoms with Gasteiger partial charge in [0.25, 0.3) is 5.91 Å². The van der Waals surface area contributed by atoms with Crippen molar-refractivity contribution >= 4 is 5.91 Å². The molecule has 26 heavy (non-hydrogen) atoms. The first-order valence-corrected chi connectivity index (χ1v) is 9.79. The lowest BCUT2D eigenvalue weighted by Gasteiger charge is -2.34. The minimum atomic E-state index is 0.0711. The van der Waals surface area contributed by atoms with Crippen molar-refractivity contribution in [1.29, 1.82) is 0 Å². The summed E-state index contributed by atoms with van der Waals surface area (Å²) >= 11 is 0. The Bertz CT molecular complexity index is 839. The topological polar surface area (TPSA) is 64.2 Å². The number of aryl methyl sites for hydroxylation is 2. The molecule has 2 N–H and O–H groups in total. The van der Waals surface area contributed by atoms with E-state index in [0.717, 1.165) is 56.3 Å². The predicted molar refractivity (Wildman–Crippen MR) is 103 cm³/mol. The van der Waals surface area contributed by atoms with E-state index in [1.807, 2.05) is 9.58 Å². The van der Waals surface area contributed by atoms with Crippen molar-refractivity contribution in [2.45, 2.75) is 58.4 Å². The van der Waals surface area contributed by atoms with Crippen LogP contribution in [0.5, 0.6) is 0 Å². The minimum absolute atomic E-state index is 0.0711. The van der Waals surface area contributed by atoms with E-state index in [1.54, 1.807) is 0 Å². The number of aromatic nitrogens is 2. The fourth-order valence-electron chi connectivity index (χ4n) is 4.50. The lowest BCUT2D eigenvalue weighted by Crippen LogP contribution is -2.47. The van der Waals surface area contributed by atoms with Crippen molar-refractivity contribution in [1.82, 2.24) is 14.7 Å². The van der Waals surface area contributed by atoms with Crippen LogP contribution in [0.15, 0.2) is 18.2 Å². The Hall–Kier alpha value is -2.14. The summed E-state index contributed by atoms with van der Waals surface area (Å²) in [6.07, 6.45) is 6.25.